The third-order valence-corrected chi connectivity index (χ3v) is 5.81. The Morgan fingerprint density at radius 1 is 1.30 bits per heavy atom. The molecule has 0 spiro atoms. The van der Waals surface area contributed by atoms with Gasteiger partial charge in [-0.2, -0.15) is 0 Å². The SMILES string of the molecule is CC(C)C[P+]1(O)CCCC1. The molecule has 1 aliphatic heterocycles. The average molecular weight is 161 g/mol. The van der Waals surface area contributed by atoms with Gasteiger partial charge in [-0.25, -0.2) is 0 Å². The van der Waals surface area contributed by atoms with E-state index in [1.54, 1.807) is 0 Å². The minimum Gasteiger partial charge on any atom is -0.252 e. The summed E-state index contributed by atoms with van der Waals surface area (Å²) in [6, 6.07) is 0. The van der Waals surface area contributed by atoms with Crippen LogP contribution in [0.15, 0.2) is 0 Å². The van der Waals surface area contributed by atoms with E-state index >= 15 is 0 Å². The second-order valence-corrected chi connectivity index (χ2v) is 7.28. The van der Waals surface area contributed by atoms with Crippen LogP contribution in [0.3, 0.4) is 0 Å². The lowest BCUT2D eigenvalue weighted by Crippen LogP contribution is -2.05. The summed E-state index contributed by atoms with van der Waals surface area (Å²) in [5.41, 5.74) is 0. The van der Waals surface area contributed by atoms with Crippen LogP contribution in [0.1, 0.15) is 26.7 Å². The van der Waals surface area contributed by atoms with E-state index < -0.39 is 7.49 Å². The highest BCUT2D eigenvalue weighted by molar-refractivity contribution is 7.70. The highest BCUT2D eigenvalue weighted by atomic mass is 31.2. The van der Waals surface area contributed by atoms with E-state index in [1.165, 1.54) is 12.8 Å². The van der Waals surface area contributed by atoms with Crippen LogP contribution in [0, 0.1) is 5.92 Å². The van der Waals surface area contributed by atoms with E-state index in [0.717, 1.165) is 18.5 Å². The molecule has 0 atom stereocenters. The van der Waals surface area contributed by atoms with Crippen molar-refractivity contribution in [1.82, 2.24) is 0 Å². The molecule has 0 bridgehead atoms. The molecule has 1 aliphatic rings. The fourth-order valence-electron chi connectivity index (χ4n) is 1.79. The van der Waals surface area contributed by atoms with Crippen LogP contribution in [0.4, 0.5) is 0 Å². The van der Waals surface area contributed by atoms with Crippen molar-refractivity contribution in [3.63, 3.8) is 0 Å². The second kappa shape index (κ2) is 3.19. The van der Waals surface area contributed by atoms with Gasteiger partial charge < -0.3 is 0 Å². The number of hydrogen-bond acceptors (Lipinski definition) is 1. The predicted molar refractivity (Wildman–Crippen MR) is 47.8 cm³/mol. The van der Waals surface area contributed by atoms with Crippen molar-refractivity contribution in [2.75, 3.05) is 18.5 Å². The van der Waals surface area contributed by atoms with Crippen molar-refractivity contribution < 1.29 is 4.89 Å². The Balaban J connectivity index is 2.36. The fraction of sp³-hybridized carbons (Fsp3) is 1.00. The van der Waals surface area contributed by atoms with E-state index in [-0.39, 0.29) is 0 Å². The van der Waals surface area contributed by atoms with Crippen LogP contribution in [0.25, 0.3) is 0 Å². The predicted octanol–water partition coefficient (Wildman–Crippen LogP) is 2.36. The molecule has 1 N–H and O–H groups in total. The molecule has 2 heteroatoms. The molecule has 1 fully saturated rings. The fourth-order valence-corrected chi connectivity index (χ4v) is 5.36. The zero-order chi connectivity index (χ0) is 7.61. The highest BCUT2D eigenvalue weighted by Crippen LogP contribution is 2.60. The van der Waals surface area contributed by atoms with Gasteiger partial charge in [-0.3, -0.25) is 4.89 Å². The maximum absolute atomic E-state index is 9.97. The molecular weight excluding hydrogens is 143 g/mol. The summed E-state index contributed by atoms with van der Waals surface area (Å²) in [5.74, 6) is 0.691. The molecule has 0 aliphatic carbocycles. The van der Waals surface area contributed by atoms with Crippen LogP contribution in [0.2, 0.25) is 0 Å². The van der Waals surface area contributed by atoms with Crippen molar-refractivity contribution in [3.8, 4) is 0 Å². The molecular formula is C8H18OP+. The molecule has 1 saturated heterocycles. The Hall–Kier alpha value is 0.390. The van der Waals surface area contributed by atoms with Crippen molar-refractivity contribution in [2.24, 2.45) is 5.92 Å². The highest BCUT2D eigenvalue weighted by Gasteiger charge is 2.39. The van der Waals surface area contributed by atoms with Gasteiger partial charge in [-0.1, -0.05) is 13.8 Å². The van der Waals surface area contributed by atoms with E-state index in [0.29, 0.717) is 5.92 Å². The van der Waals surface area contributed by atoms with Crippen molar-refractivity contribution >= 4 is 7.49 Å². The maximum Gasteiger partial charge on any atom is 0.142 e. The Labute approximate surface area is 64.3 Å². The standard InChI is InChI=1S/C8H18OP/c1-8(2)7-10(9)5-3-4-6-10/h8-9H,3-7H2,1-2H3/q+1. The van der Waals surface area contributed by atoms with Gasteiger partial charge in [-0.05, 0) is 18.8 Å². The van der Waals surface area contributed by atoms with Gasteiger partial charge in [0.1, 0.15) is 7.49 Å². The van der Waals surface area contributed by atoms with Gasteiger partial charge in [0.25, 0.3) is 0 Å². The topological polar surface area (TPSA) is 20.2 Å². The molecule has 0 aromatic heterocycles. The Morgan fingerprint density at radius 3 is 2.20 bits per heavy atom. The lowest BCUT2D eigenvalue weighted by atomic mass is 10.3. The maximum atomic E-state index is 9.97. The van der Waals surface area contributed by atoms with Crippen LogP contribution in [-0.4, -0.2) is 23.4 Å². The zero-order valence-corrected chi connectivity index (χ0v) is 7.90. The molecule has 1 rings (SSSR count). The van der Waals surface area contributed by atoms with Crippen molar-refractivity contribution in [1.29, 1.82) is 0 Å². The largest absolute Gasteiger partial charge is 0.252 e. The van der Waals surface area contributed by atoms with E-state index in [1.807, 2.05) is 0 Å². The van der Waals surface area contributed by atoms with Gasteiger partial charge in [0.15, 0.2) is 0 Å². The van der Waals surface area contributed by atoms with Crippen LogP contribution >= 0.6 is 7.49 Å². The first-order chi connectivity index (χ1) is 4.62. The molecule has 0 aromatic rings. The first-order valence-corrected chi connectivity index (χ1v) is 6.51. The summed E-state index contributed by atoms with van der Waals surface area (Å²) in [6.07, 6.45) is 5.94. The number of hydrogen-bond donors (Lipinski definition) is 1. The molecule has 0 aromatic carbocycles. The normalized spacial score (nSPS) is 24.0. The average Bonchev–Trinajstić information content (AvgIpc) is 2.12. The Kier molecular flexibility index (Phi) is 2.71. The molecule has 0 radical (unpaired) electrons. The number of rotatable bonds is 2. The quantitative estimate of drug-likeness (QED) is 0.616. The smallest absolute Gasteiger partial charge is 0.142 e. The summed E-state index contributed by atoms with van der Waals surface area (Å²) < 4.78 is 0. The van der Waals surface area contributed by atoms with Crippen molar-refractivity contribution in [3.05, 3.63) is 0 Å². The van der Waals surface area contributed by atoms with Gasteiger partial charge in [0, 0.05) is 0 Å². The minimum absolute atomic E-state index is 0.691. The Morgan fingerprint density at radius 2 is 1.80 bits per heavy atom. The summed E-state index contributed by atoms with van der Waals surface area (Å²) in [5, 5.41) is 0. The lowest BCUT2D eigenvalue weighted by Gasteiger charge is -2.15. The van der Waals surface area contributed by atoms with Gasteiger partial charge >= 0.3 is 0 Å². The summed E-state index contributed by atoms with van der Waals surface area (Å²) in [6.45, 7) is 4.41. The molecule has 1 nitrogen and oxygen atoms in total. The van der Waals surface area contributed by atoms with E-state index in [2.05, 4.69) is 13.8 Å². The monoisotopic (exact) mass is 161 g/mol. The van der Waals surface area contributed by atoms with Gasteiger partial charge in [0.2, 0.25) is 0 Å². The first-order valence-electron chi connectivity index (χ1n) is 4.21. The van der Waals surface area contributed by atoms with Crippen molar-refractivity contribution in [2.45, 2.75) is 26.7 Å². The van der Waals surface area contributed by atoms with Crippen LogP contribution in [-0.2, 0) is 0 Å². The lowest BCUT2D eigenvalue weighted by molar-refractivity contribution is 0.585. The van der Waals surface area contributed by atoms with Gasteiger partial charge in [-0.15, -0.1) is 0 Å². The first kappa shape index (κ1) is 8.49. The molecule has 0 amide bonds. The van der Waals surface area contributed by atoms with E-state index in [4.69, 9.17) is 0 Å². The van der Waals surface area contributed by atoms with Crippen LogP contribution < -0.4 is 0 Å². The second-order valence-electron chi connectivity index (χ2n) is 3.83. The molecule has 0 saturated carbocycles. The zero-order valence-electron chi connectivity index (χ0n) is 7.01. The van der Waals surface area contributed by atoms with Crippen LogP contribution in [0.5, 0.6) is 0 Å². The third-order valence-electron chi connectivity index (χ3n) is 2.10. The molecule has 60 valence electrons. The summed E-state index contributed by atoms with van der Waals surface area (Å²) in [7, 11) is -1.38. The van der Waals surface area contributed by atoms with E-state index in [9.17, 15) is 4.89 Å². The Bertz CT molecular complexity index is 106. The third kappa shape index (κ3) is 2.21. The molecule has 0 unspecified atom stereocenters. The minimum atomic E-state index is -1.38. The summed E-state index contributed by atoms with van der Waals surface area (Å²) in [4.78, 5) is 9.97. The molecule has 1 heterocycles. The summed E-state index contributed by atoms with van der Waals surface area (Å²) >= 11 is 0. The molecule has 10 heavy (non-hydrogen) atoms. The van der Waals surface area contributed by atoms with Gasteiger partial charge in [0.05, 0.1) is 18.5 Å².